The van der Waals surface area contributed by atoms with Crippen molar-refractivity contribution in [3.63, 3.8) is 0 Å². The zero-order chi connectivity index (χ0) is 19.2. The molecule has 0 atom stereocenters. The predicted octanol–water partition coefficient (Wildman–Crippen LogP) is 3.23. The minimum Gasteiger partial charge on any atom is -0.385 e. The molecule has 6 nitrogen and oxygen atoms in total. The standard InChI is InChI=1S/C22H26N4O2/c27-22-20(19-4-1-2-5-21(19)25-22)16-24-18-8-6-17(7-9-18)23-10-3-11-26-12-14-28-15-13-26/h1-2,4-9,16,23-24H,3,10-15H2,(H,25,27)/b20-16-. The van der Waals surface area contributed by atoms with Crippen LogP contribution in [0.15, 0.2) is 54.7 Å². The third-order valence-electron chi connectivity index (χ3n) is 5.06. The third kappa shape index (κ3) is 4.52. The van der Waals surface area contributed by atoms with Crippen molar-refractivity contribution in [1.82, 2.24) is 4.90 Å². The molecule has 146 valence electrons. The molecule has 0 spiro atoms. The normalized spacial score (nSPS) is 18.0. The van der Waals surface area contributed by atoms with E-state index in [-0.39, 0.29) is 5.91 Å². The number of amides is 1. The highest BCUT2D eigenvalue weighted by atomic mass is 16.5. The number of nitrogens with zero attached hydrogens (tertiary/aromatic N) is 1. The van der Waals surface area contributed by atoms with E-state index in [2.05, 4.69) is 33.0 Å². The fourth-order valence-electron chi connectivity index (χ4n) is 3.48. The van der Waals surface area contributed by atoms with Crippen molar-refractivity contribution in [1.29, 1.82) is 0 Å². The second-order valence-corrected chi connectivity index (χ2v) is 7.01. The number of rotatable bonds is 7. The van der Waals surface area contributed by atoms with E-state index in [9.17, 15) is 4.79 Å². The molecule has 2 aliphatic rings. The molecule has 0 saturated carbocycles. The summed E-state index contributed by atoms with van der Waals surface area (Å²) in [7, 11) is 0. The van der Waals surface area contributed by atoms with E-state index >= 15 is 0 Å². The summed E-state index contributed by atoms with van der Waals surface area (Å²) in [5, 5.41) is 9.57. The Balaban J connectivity index is 1.26. The number of carbonyl (C=O) groups excluding carboxylic acids is 1. The SMILES string of the molecule is O=C1Nc2ccccc2/C1=C/Nc1ccc(NCCCN2CCOCC2)cc1. The van der Waals surface area contributed by atoms with Crippen molar-refractivity contribution in [2.24, 2.45) is 0 Å². The molecule has 0 radical (unpaired) electrons. The van der Waals surface area contributed by atoms with Gasteiger partial charge in [0.2, 0.25) is 0 Å². The van der Waals surface area contributed by atoms with Gasteiger partial charge in [-0.2, -0.15) is 0 Å². The Morgan fingerprint density at radius 2 is 1.79 bits per heavy atom. The lowest BCUT2D eigenvalue weighted by molar-refractivity contribution is -0.110. The van der Waals surface area contributed by atoms with Crippen LogP contribution in [0.1, 0.15) is 12.0 Å². The van der Waals surface area contributed by atoms with Crippen LogP contribution < -0.4 is 16.0 Å². The van der Waals surface area contributed by atoms with Crippen LogP contribution in [0.25, 0.3) is 5.57 Å². The van der Waals surface area contributed by atoms with E-state index in [1.165, 1.54) is 0 Å². The highest BCUT2D eigenvalue weighted by Crippen LogP contribution is 2.31. The zero-order valence-electron chi connectivity index (χ0n) is 15.9. The maximum Gasteiger partial charge on any atom is 0.257 e. The van der Waals surface area contributed by atoms with Crippen LogP contribution in [0, 0.1) is 0 Å². The first-order valence-electron chi connectivity index (χ1n) is 9.81. The first-order chi connectivity index (χ1) is 13.8. The molecule has 2 aliphatic heterocycles. The lowest BCUT2D eigenvalue weighted by Crippen LogP contribution is -2.37. The highest BCUT2D eigenvalue weighted by Gasteiger charge is 2.23. The van der Waals surface area contributed by atoms with Gasteiger partial charge in [-0.3, -0.25) is 9.69 Å². The number of benzene rings is 2. The summed E-state index contributed by atoms with van der Waals surface area (Å²) in [6.07, 6.45) is 2.88. The number of hydrogen-bond acceptors (Lipinski definition) is 5. The first kappa shape index (κ1) is 18.5. The Hall–Kier alpha value is -2.83. The smallest absolute Gasteiger partial charge is 0.257 e. The van der Waals surface area contributed by atoms with E-state index in [1.54, 1.807) is 6.20 Å². The maximum absolute atomic E-state index is 12.1. The minimum atomic E-state index is -0.0766. The van der Waals surface area contributed by atoms with Gasteiger partial charge in [-0.05, 0) is 43.3 Å². The van der Waals surface area contributed by atoms with Gasteiger partial charge in [-0.1, -0.05) is 18.2 Å². The van der Waals surface area contributed by atoms with Crippen molar-refractivity contribution in [3.05, 3.63) is 60.3 Å². The average Bonchev–Trinajstić information content (AvgIpc) is 3.06. The molecule has 1 saturated heterocycles. The van der Waals surface area contributed by atoms with Crippen LogP contribution in [0.2, 0.25) is 0 Å². The molecule has 3 N–H and O–H groups in total. The fraction of sp³-hybridized carbons (Fsp3) is 0.318. The van der Waals surface area contributed by atoms with Crippen LogP contribution in [0.3, 0.4) is 0 Å². The number of ether oxygens (including phenoxy) is 1. The number of morpholine rings is 1. The molecule has 0 unspecified atom stereocenters. The topological polar surface area (TPSA) is 65.6 Å². The summed E-state index contributed by atoms with van der Waals surface area (Å²) in [6.45, 7) is 5.84. The Labute approximate surface area is 165 Å². The molecule has 2 aromatic rings. The molecule has 2 aromatic carbocycles. The summed E-state index contributed by atoms with van der Waals surface area (Å²) in [5.74, 6) is -0.0766. The number of nitrogens with one attached hydrogen (secondary N) is 3. The second-order valence-electron chi connectivity index (χ2n) is 7.01. The summed E-state index contributed by atoms with van der Waals surface area (Å²) in [4.78, 5) is 14.6. The molecule has 6 heteroatoms. The summed E-state index contributed by atoms with van der Waals surface area (Å²) in [5.41, 5.74) is 4.49. The lowest BCUT2D eigenvalue weighted by Gasteiger charge is -2.26. The van der Waals surface area contributed by atoms with Crippen LogP contribution in [0.5, 0.6) is 0 Å². The van der Waals surface area contributed by atoms with Gasteiger partial charge in [0.1, 0.15) is 0 Å². The van der Waals surface area contributed by atoms with Crippen LogP contribution in [-0.4, -0.2) is 50.2 Å². The van der Waals surface area contributed by atoms with Crippen LogP contribution in [0.4, 0.5) is 17.1 Å². The predicted molar refractivity (Wildman–Crippen MR) is 113 cm³/mol. The van der Waals surface area contributed by atoms with Gasteiger partial charge in [0.05, 0.1) is 18.8 Å². The fourth-order valence-corrected chi connectivity index (χ4v) is 3.48. The van der Waals surface area contributed by atoms with Crippen LogP contribution in [-0.2, 0) is 9.53 Å². The number of hydrogen-bond donors (Lipinski definition) is 3. The van der Waals surface area contributed by atoms with Crippen molar-refractivity contribution in [2.45, 2.75) is 6.42 Å². The molecule has 28 heavy (non-hydrogen) atoms. The number of carbonyl (C=O) groups is 1. The molecular formula is C22H26N4O2. The van der Waals surface area contributed by atoms with Crippen molar-refractivity contribution < 1.29 is 9.53 Å². The van der Waals surface area contributed by atoms with E-state index in [0.29, 0.717) is 5.57 Å². The first-order valence-corrected chi connectivity index (χ1v) is 9.81. The average molecular weight is 378 g/mol. The van der Waals surface area contributed by atoms with Gasteiger partial charge in [-0.15, -0.1) is 0 Å². The summed E-state index contributed by atoms with van der Waals surface area (Å²) in [6, 6.07) is 15.9. The number of fused-ring (bicyclic) bond motifs is 1. The third-order valence-corrected chi connectivity index (χ3v) is 5.06. The molecule has 4 rings (SSSR count). The molecule has 0 aromatic heterocycles. The number of anilines is 3. The molecule has 1 fully saturated rings. The van der Waals surface area contributed by atoms with E-state index < -0.39 is 0 Å². The molecule has 0 bridgehead atoms. The van der Waals surface area contributed by atoms with Gasteiger partial charge in [0.25, 0.3) is 5.91 Å². The van der Waals surface area contributed by atoms with E-state index in [4.69, 9.17) is 4.74 Å². The van der Waals surface area contributed by atoms with E-state index in [0.717, 1.165) is 68.4 Å². The Kier molecular flexibility index (Phi) is 5.89. The largest absolute Gasteiger partial charge is 0.385 e. The monoisotopic (exact) mass is 378 g/mol. The molecule has 0 aliphatic carbocycles. The minimum absolute atomic E-state index is 0.0766. The Morgan fingerprint density at radius 3 is 2.61 bits per heavy atom. The highest BCUT2D eigenvalue weighted by molar-refractivity contribution is 6.31. The van der Waals surface area contributed by atoms with Crippen LogP contribution >= 0.6 is 0 Å². The second kappa shape index (κ2) is 8.91. The molecule has 1 amide bonds. The van der Waals surface area contributed by atoms with Gasteiger partial charge in [-0.25, -0.2) is 0 Å². The molecular weight excluding hydrogens is 352 g/mol. The van der Waals surface area contributed by atoms with Gasteiger partial charge in [0.15, 0.2) is 0 Å². The Bertz CT molecular complexity index is 842. The van der Waals surface area contributed by atoms with Crippen molar-refractivity contribution in [3.8, 4) is 0 Å². The maximum atomic E-state index is 12.1. The van der Waals surface area contributed by atoms with Gasteiger partial charge >= 0.3 is 0 Å². The van der Waals surface area contributed by atoms with Gasteiger partial charge in [0, 0.05) is 48.5 Å². The zero-order valence-corrected chi connectivity index (χ0v) is 15.9. The van der Waals surface area contributed by atoms with Crippen molar-refractivity contribution >= 4 is 28.5 Å². The van der Waals surface area contributed by atoms with Crippen molar-refractivity contribution in [2.75, 3.05) is 55.3 Å². The molecule has 2 heterocycles. The lowest BCUT2D eigenvalue weighted by atomic mass is 10.1. The Morgan fingerprint density at radius 1 is 1.04 bits per heavy atom. The summed E-state index contributed by atoms with van der Waals surface area (Å²) >= 11 is 0. The number of para-hydroxylation sites is 1. The van der Waals surface area contributed by atoms with Gasteiger partial charge < -0.3 is 20.7 Å². The summed E-state index contributed by atoms with van der Waals surface area (Å²) < 4.78 is 5.37. The van der Waals surface area contributed by atoms with E-state index in [1.807, 2.05) is 36.4 Å². The quantitative estimate of drug-likeness (QED) is 0.510.